The summed E-state index contributed by atoms with van der Waals surface area (Å²) in [5.74, 6) is -1.23. The molecule has 0 aliphatic carbocycles. The van der Waals surface area contributed by atoms with E-state index in [0.717, 1.165) is 5.56 Å². The molecule has 4 rings (SSSR count). The highest BCUT2D eigenvalue weighted by Crippen LogP contribution is 2.35. The average Bonchev–Trinajstić information content (AvgIpc) is 3.08. The molecule has 2 unspecified atom stereocenters. The lowest BCUT2D eigenvalue weighted by atomic mass is 9.74. The average molecular weight is 423 g/mol. The molecule has 2 saturated heterocycles. The molecule has 2 N–H and O–H groups in total. The molecule has 2 aromatic carbocycles. The van der Waals surface area contributed by atoms with E-state index in [1.165, 1.54) is 6.07 Å². The van der Waals surface area contributed by atoms with Gasteiger partial charge in [-0.05, 0) is 42.9 Å². The Kier molecular flexibility index (Phi) is 5.76. The monoisotopic (exact) mass is 423 g/mol. The summed E-state index contributed by atoms with van der Waals surface area (Å²) < 4.78 is 14.3. The van der Waals surface area contributed by atoms with E-state index in [4.69, 9.17) is 0 Å². The molecule has 4 amide bonds. The first-order chi connectivity index (χ1) is 14.9. The normalized spacial score (nSPS) is 22.7. The Morgan fingerprint density at radius 3 is 2.35 bits per heavy atom. The highest BCUT2D eigenvalue weighted by Gasteiger charge is 2.52. The fraction of sp³-hybridized carbons (Fsp3) is 0.375. The van der Waals surface area contributed by atoms with Crippen molar-refractivity contribution in [2.75, 3.05) is 13.1 Å². The van der Waals surface area contributed by atoms with Crippen LogP contribution in [0.4, 0.5) is 9.18 Å². The number of rotatable bonds is 5. The second kappa shape index (κ2) is 8.49. The van der Waals surface area contributed by atoms with Gasteiger partial charge >= 0.3 is 6.03 Å². The van der Waals surface area contributed by atoms with E-state index in [-0.39, 0.29) is 24.2 Å². The molecule has 0 radical (unpaired) electrons. The van der Waals surface area contributed by atoms with Crippen LogP contribution in [0.1, 0.15) is 36.8 Å². The summed E-state index contributed by atoms with van der Waals surface area (Å²) in [6.45, 7) is 2.87. The minimum atomic E-state index is -1.21. The van der Waals surface area contributed by atoms with Crippen molar-refractivity contribution < 1.29 is 18.8 Å². The van der Waals surface area contributed by atoms with E-state index in [9.17, 15) is 18.8 Å². The van der Waals surface area contributed by atoms with Crippen LogP contribution in [0.25, 0.3) is 0 Å². The van der Waals surface area contributed by atoms with Gasteiger partial charge in [-0.25, -0.2) is 9.18 Å². The summed E-state index contributed by atoms with van der Waals surface area (Å²) in [5, 5.41) is 5.11. The number of amides is 4. The maximum atomic E-state index is 14.3. The zero-order valence-corrected chi connectivity index (χ0v) is 17.4. The van der Waals surface area contributed by atoms with Gasteiger partial charge in [0.2, 0.25) is 5.91 Å². The van der Waals surface area contributed by atoms with Crippen LogP contribution in [0.15, 0.2) is 54.6 Å². The Balaban J connectivity index is 1.49. The fourth-order valence-corrected chi connectivity index (χ4v) is 4.75. The molecule has 162 valence electrons. The van der Waals surface area contributed by atoms with Crippen molar-refractivity contribution in [2.24, 2.45) is 5.92 Å². The lowest BCUT2D eigenvalue weighted by molar-refractivity contribution is -0.135. The summed E-state index contributed by atoms with van der Waals surface area (Å²) in [4.78, 5) is 39.6. The predicted molar refractivity (Wildman–Crippen MR) is 114 cm³/mol. The minimum absolute atomic E-state index is 0.0488. The first kappa shape index (κ1) is 21.0. The molecule has 0 saturated carbocycles. The number of hydrogen-bond acceptors (Lipinski definition) is 3. The first-order valence-corrected chi connectivity index (χ1v) is 10.6. The van der Waals surface area contributed by atoms with Crippen molar-refractivity contribution in [1.82, 2.24) is 15.5 Å². The molecule has 0 aromatic heterocycles. The Bertz CT molecular complexity index is 989. The largest absolute Gasteiger partial charge is 0.342 e. The molecule has 2 aliphatic heterocycles. The van der Waals surface area contributed by atoms with E-state index >= 15 is 0 Å². The van der Waals surface area contributed by atoms with Crippen LogP contribution in [0, 0.1) is 11.7 Å². The molecule has 6 nitrogen and oxygen atoms in total. The van der Waals surface area contributed by atoms with Crippen LogP contribution >= 0.6 is 0 Å². The Hall–Kier alpha value is -3.22. The first-order valence-electron chi connectivity index (χ1n) is 10.6. The zero-order valence-electron chi connectivity index (χ0n) is 17.4. The van der Waals surface area contributed by atoms with Crippen LogP contribution in [0.3, 0.4) is 0 Å². The van der Waals surface area contributed by atoms with Crippen molar-refractivity contribution >= 4 is 17.8 Å². The highest BCUT2D eigenvalue weighted by molar-refractivity contribution is 6.07. The third kappa shape index (κ3) is 4.04. The number of halogens is 1. The molecule has 0 spiro atoms. The lowest BCUT2D eigenvalue weighted by Gasteiger charge is -2.41. The summed E-state index contributed by atoms with van der Waals surface area (Å²) in [7, 11) is 0. The van der Waals surface area contributed by atoms with Gasteiger partial charge in [0.1, 0.15) is 11.4 Å². The van der Waals surface area contributed by atoms with E-state index in [0.29, 0.717) is 31.5 Å². The second-order valence-corrected chi connectivity index (χ2v) is 8.38. The van der Waals surface area contributed by atoms with Gasteiger partial charge in [0, 0.05) is 19.5 Å². The van der Waals surface area contributed by atoms with E-state index < -0.39 is 23.3 Å². The number of urea groups is 1. The minimum Gasteiger partial charge on any atom is -0.342 e. The molecule has 2 heterocycles. The molecule has 31 heavy (non-hydrogen) atoms. The van der Waals surface area contributed by atoms with Crippen molar-refractivity contribution in [2.45, 2.75) is 37.6 Å². The van der Waals surface area contributed by atoms with Crippen LogP contribution in [0.2, 0.25) is 0 Å². The maximum absolute atomic E-state index is 14.3. The van der Waals surface area contributed by atoms with Crippen LogP contribution in [-0.2, 0) is 16.0 Å². The zero-order chi connectivity index (χ0) is 22.0. The topological polar surface area (TPSA) is 78.5 Å². The van der Waals surface area contributed by atoms with Crippen molar-refractivity contribution in [1.29, 1.82) is 0 Å². The van der Waals surface area contributed by atoms with Crippen LogP contribution < -0.4 is 10.6 Å². The Morgan fingerprint density at radius 1 is 1.10 bits per heavy atom. The van der Waals surface area contributed by atoms with Crippen molar-refractivity contribution in [3.8, 4) is 0 Å². The molecule has 7 heteroatoms. The maximum Gasteiger partial charge on any atom is 0.322 e. The number of piperidine rings is 1. The Morgan fingerprint density at radius 2 is 1.74 bits per heavy atom. The molecule has 0 bridgehead atoms. The van der Waals surface area contributed by atoms with Gasteiger partial charge in [0.15, 0.2) is 0 Å². The lowest BCUT2D eigenvalue weighted by Crippen LogP contribution is -2.58. The fourth-order valence-electron chi connectivity index (χ4n) is 4.75. The summed E-state index contributed by atoms with van der Waals surface area (Å²) in [6, 6.07) is 15.4. The number of carbonyl (C=O) groups is 3. The molecular formula is C24H26FN3O3. The van der Waals surface area contributed by atoms with Gasteiger partial charge in [-0.15, -0.1) is 0 Å². The third-order valence-electron chi connectivity index (χ3n) is 6.57. The number of hydrogen-bond donors (Lipinski definition) is 2. The SMILES string of the molecule is CC(C(=O)N1CCC(C2(Cc3ccccc3F)NC(=O)NC2=O)CC1)c1ccccc1. The van der Waals surface area contributed by atoms with Gasteiger partial charge in [-0.2, -0.15) is 0 Å². The summed E-state index contributed by atoms with van der Waals surface area (Å²) in [5.41, 5.74) is 0.142. The summed E-state index contributed by atoms with van der Waals surface area (Å²) in [6.07, 6.45) is 1.18. The smallest absolute Gasteiger partial charge is 0.322 e. The van der Waals surface area contributed by atoms with Crippen LogP contribution in [-0.4, -0.2) is 41.4 Å². The number of carbonyl (C=O) groups excluding carboxylic acids is 3. The van der Waals surface area contributed by atoms with Gasteiger partial charge < -0.3 is 10.2 Å². The highest BCUT2D eigenvalue weighted by atomic mass is 19.1. The molecular weight excluding hydrogens is 397 g/mol. The standard InChI is InChI=1S/C24H26FN3O3/c1-16(17-7-3-2-4-8-17)21(29)28-13-11-19(12-14-28)24(22(30)26-23(31)27-24)15-18-9-5-6-10-20(18)25/h2-10,16,19H,11-15H2,1H3,(H2,26,27,30,31). The molecule has 2 aromatic rings. The second-order valence-electron chi connectivity index (χ2n) is 8.38. The Labute approximate surface area is 180 Å². The van der Waals surface area contributed by atoms with Crippen molar-refractivity contribution in [3.63, 3.8) is 0 Å². The van der Waals surface area contributed by atoms with Gasteiger partial charge in [-0.3, -0.25) is 14.9 Å². The number of benzene rings is 2. The number of nitrogens with zero attached hydrogens (tertiary/aromatic N) is 1. The number of nitrogens with one attached hydrogen (secondary N) is 2. The number of imide groups is 1. The third-order valence-corrected chi connectivity index (χ3v) is 6.57. The quantitative estimate of drug-likeness (QED) is 0.726. The number of likely N-dealkylation sites (tertiary alicyclic amines) is 1. The molecule has 2 fully saturated rings. The molecule has 2 atom stereocenters. The molecule has 2 aliphatic rings. The van der Waals surface area contributed by atoms with Crippen LogP contribution in [0.5, 0.6) is 0 Å². The van der Waals surface area contributed by atoms with Crippen molar-refractivity contribution in [3.05, 3.63) is 71.5 Å². The van der Waals surface area contributed by atoms with Gasteiger partial charge in [0.25, 0.3) is 5.91 Å². The predicted octanol–water partition coefficient (Wildman–Crippen LogP) is 2.99. The summed E-state index contributed by atoms with van der Waals surface area (Å²) >= 11 is 0. The van der Waals surface area contributed by atoms with E-state index in [1.54, 1.807) is 18.2 Å². The van der Waals surface area contributed by atoms with E-state index in [1.807, 2.05) is 42.2 Å². The van der Waals surface area contributed by atoms with Gasteiger partial charge in [-0.1, -0.05) is 48.5 Å². The van der Waals surface area contributed by atoms with Gasteiger partial charge in [0.05, 0.1) is 5.92 Å². The van der Waals surface area contributed by atoms with E-state index in [2.05, 4.69) is 10.6 Å².